The Morgan fingerprint density at radius 3 is 2.47 bits per heavy atom. The molecule has 1 saturated heterocycles. The smallest absolute Gasteiger partial charge is 0.306 e. The number of piperidine rings is 1. The highest BCUT2D eigenvalue weighted by molar-refractivity contribution is 5.70. The van der Waals surface area contributed by atoms with E-state index in [9.17, 15) is 4.79 Å². The van der Waals surface area contributed by atoms with Gasteiger partial charge in [-0.25, -0.2) is 0 Å². The monoisotopic (exact) mass is 213 g/mol. The van der Waals surface area contributed by atoms with Gasteiger partial charge in [0.05, 0.1) is 5.92 Å². The standard InChI is InChI=1S/C12H23NO2/c1-4-11(5-2)13-7-6-10(12(14)15)8-9(13)3/h9-11H,4-8H2,1-3H3,(H,14,15). The van der Waals surface area contributed by atoms with E-state index in [2.05, 4.69) is 25.7 Å². The molecule has 88 valence electrons. The lowest BCUT2D eigenvalue weighted by Crippen LogP contribution is -2.47. The minimum Gasteiger partial charge on any atom is -0.481 e. The Morgan fingerprint density at radius 1 is 1.47 bits per heavy atom. The highest BCUT2D eigenvalue weighted by Gasteiger charge is 2.31. The van der Waals surface area contributed by atoms with Crippen LogP contribution in [0, 0.1) is 5.92 Å². The third kappa shape index (κ3) is 2.94. The van der Waals surface area contributed by atoms with Gasteiger partial charge in [0.25, 0.3) is 0 Å². The van der Waals surface area contributed by atoms with Crippen molar-refractivity contribution in [1.29, 1.82) is 0 Å². The molecule has 0 aromatic carbocycles. The molecule has 3 nitrogen and oxygen atoms in total. The zero-order valence-corrected chi connectivity index (χ0v) is 10.1. The van der Waals surface area contributed by atoms with Gasteiger partial charge in [0.1, 0.15) is 0 Å². The van der Waals surface area contributed by atoms with E-state index in [0.29, 0.717) is 12.1 Å². The first kappa shape index (κ1) is 12.5. The van der Waals surface area contributed by atoms with Crippen molar-refractivity contribution < 1.29 is 9.90 Å². The molecule has 0 aromatic heterocycles. The maximum atomic E-state index is 10.9. The van der Waals surface area contributed by atoms with Crippen LogP contribution in [-0.4, -0.2) is 34.6 Å². The predicted octanol–water partition coefficient (Wildman–Crippen LogP) is 2.36. The van der Waals surface area contributed by atoms with Gasteiger partial charge in [0, 0.05) is 12.1 Å². The van der Waals surface area contributed by atoms with Gasteiger partial charge in [0.2, 0.25) is 0 Å². The fourth-order valence-electron chi connectivity index (χ4n) is 2.71. The lowest BCUT2D eigenvalue weighted by Gasteiger charge is -2.41. The molecule has 1 aliphatic rings. The number of likely N-dealkylation sites (tertiary alicyclic amines) is 1. The summed E-state index contributed by atoms with van der Waals surface area (Å²) in [5, 5.41) is 8.98. The highest BCUT2D eigenvalue weighted by Crippen LogP contribution is 2.26. The molecule has 1 N–H and O–H groups in total. The summed E-state index contributed by atoms with van der Waals surface area (Å²) in [5.74, 6) is -0.739. The van der Waals surface area contributed by atoms with Crippen LogP contribution in [-0.2, 0) is 4.79 Å². The van der Waals surface area contributed by atoms with E-state index in [1.54, 1.807) is 0 Å². The van der Waals surface area contributed by atoms with Crippen molar-refractivity contribution in [2.75, 3.05) is 6.54 Å². The van der Waals surface area contributed by atoms with Gasteiger partial charge in [-0.2, -0.15) is 0 Å². The molecule has 1 aliphatic heterocycles. The van der Waals surface area contributed by atoms with Gasteiger partial charge in [0.15, 0.2) is 0 Å². The van der Waals surface area contributed by atoms with E-state index >= 15 is 0 Å². The van der Waals surface area contributed by atoms with E-state index in [1.807, 2.05) is 0 Å². The van der Waals surface area contributed by atoms with Crippen molar-refractivity contribution in [2.45, 2.75) is 58.5 Å². The van der Waals surface area contributed by atoms with Gasteiger partial charge in [-0.15, -0.1) is 0 Å². The second-order valence-corrected chi connectivity index (χ2v) is 4.62. The Hall–Kier alpha value is -0.570. The first-order valence-electron chi connectivity index (χ1n) is 6.08. The first-order chi connectivity index (χ1) is 7.10. The van der Waals surface area contributed by atoms with Crippen molar-refractivity contribution in [2.24, 2.45) is 5.92 Å². The summed E-state index contributed by atoms with van der Waals surface area (Å²) in [6, 6.07) is 1.06. The number of hydrogen-bond donors (Lipinski definition) is 1. The Balaban J connectivity index is 2.55. The number of carbonyl (C=O) groups is 1. The third-order valence-corrected chi connectivity index (χ3v) is 3.69. The minimum absolute atomic E-state index is 0.120. The Bertz CT molecular complexity index is 214. The molecule has 2 atom stereocenters. The van der Waals surface area contributed by atoms with Crippen molar-refractivity contribution >= 4 is 5.97 Å². The van der Waals surface area contributed by atoms with E-state index in [1.165, 1.54) is 12.8 Å². The Kier molecular flexibility index (Phi) is 4.58. The molecule has 0 aromatic rings. The van der Waals surface area contributed by atoms with Crippen molar-refractivity contribution in [3.63, 3.8) is 0 Å². The van der Waals surface area contributed by atoms with Gasteiger partial charge < -0.3 is 5.11 Å². The van der Waals surface area contributed by atoms with E-state index in [4.69, 9.17) is 5.11 Å². The Labute approximate surface area is 92.5 Å². The summed E-state index contributed by atoms with van der Waals surface area (Å²) in [6.45, 7) is 7.53. The quantitative estimate of drug-likeness (QED) is 0.779. The van der Waals surface area contributed by atoms with Crippen LogP contribution < -0.4 is 0 Å². The number of aliphatic carboxylic acids is 1. The molecule has 15 heavy (non-hydrogen) atoms. The molecule has 0 spiro atoms. The van der Waals surface area contributed by atoms with Gasteiger partial charge in [-0.3, -0.25) is 9.69 Å². The predicted molar refractivity (Wildman–Crippen MR) is 60.9 cm³/mol. The zero-order chi connectivity index (χ0) is 11.4. The van der Waals surface area contributed by atoms with E-state index in [0.717, 1.165) is 19.4 Å². The molecule has 0 aliphatic carbocycles. The van der Waals surface area contributed by atoms with Crippen LogP contribution in [0.4, 0.5) is 0 Å². The number of carboxylic acid groups (broad SMARTS) is 1. The van der Waals surface area contributed by atoms with Crippen molar-refractivity contribution in [3.8, 4) is 0 Å². The fraction of sp³-hybridized carbons (Fsp3) is 0.917. The average Bonchev–Trinajstić information content (AvgIpc) is 2.21. The van der Waals surface area contributed by atoms with Crippen molar-refractivity contribution in [1.82, 2.24) is 4.90 Å². The molecule has 0 bridgehead atoms. The Morgan fingerprint density at radius 2 is 2.07 bits per heavy atom. The van der Waals surface area contributed by atoms with Crippen LogP contribution in [0.15, 0.2) is 0 Å². The topological polar surface area (TPSA) is 40.5 Å². The lowest BCUT2D eigenvalue weighted by molar-refractivity contribution is -0.144. The summed E-state index contributed by atoms with van der Waals surface area (Å²) in [6.07, 6.45) is 3.96. The number of carboxylic acids is 1. The number of hydrogen-bond acceptors (Lipinski definition) is 2. The van der Waals surface area contributed by atoms with Crippen LogP contribution >= 0.6 is 0 Å². The van der Waals surface area contributed by atoms with E-state index < -0.39 is 5.97 Å². The van der Waals surface area contributed by atoms with Crippen LogP contribution in [0.3, 0.4) is 0 Å². The lowest BCUT2D eigenvalue weighted by atomic mass is 9.90. The summed E-state index contributed by atoms with van der Waals surface area (Å²) in [4.78, 5) is 13.4. The summed E-state index contributed by atoms with van der Waals surface area (Å²) in [5.41, 5.74) is 0. The molecule has 0 saturated carbocycles. The molecule has 1 rings (SSSR count). The maximum absolute atomic E-state index is 10.9. The van der Waals surface area contributed by atoms with Crippen LogP contribution in [0.25, 0.3) is 0 Å². The molecule has 0 radical (unpaired) electrons. The molecule has 2 unspecified atom stereocenters. The van der Waals surface area contributed by atoms with Gasteiger partial charge >= 0.3 is 5.97 Å². The minimum atomic E-state index is -0.619. The van der Waals surface area contributed by atoms with Crippen LogP contribution in [0.5, 0.6) is 0 Å². The van der Waals surface area contributed by atoms with Crippen molar-refractivity contribution in [3.05, 3.63) is 0 Å². The third-order valence-electron chi connectivity index (χ3n) is 3.69. The van der Waals surface area contributed by atoms with E-state index in [-0.39, 0.29) is 5.92 Å². The fourth-order valence-corrected chi connectivity index (χ4v) is 2.71. The molecule has 0 amide bonds. The molecule has 1 heterocycles. The van der Waals surface area contributed by atoms with Gasteiger partial charge in [-0.05, 0) is 39.2 Å². The molecule has 1 fully saturated rings. The number of nitrogens with zero attached hydrogens (tertiary/aromatic N) is 1. The SMILES string of the molecule is CCC(CC)N1CCC(C(=O)O)CC1C. The second-order valence-electron chi connectivity index (χ2n) is 4.62. The summed E-state index contributed by atoms with van der Waals surface area (Å²) < 4.78 is 0. The largest absolute Gasteiger partial charge is 0.481 e. The maximum Gasteiger partial charge on any atom is 0.306 e. The normalized spacial score (nSPS) is 28.3. The summed E-state index contributed by atoms with van der Waals surface area (Å²) in [7, 11) is 0. The second kappa shape index (κ2) is 5.50. The summed E-state index contributed by atoms with van der Waals surface area (Å²) >= 11 is 0. The van der Waals surface area contributed by atoms with Crippen LogP contribution in [0.2, 0.25) is 0 Å². The molecular weight excluding hydrogens is 190 g/mol. The molecule has 3 heteroatoms. The van der Waals surface area contributed by atoms with Crippen LogP contribution in [0.1, 0.15) is 46.5 Å². The highest BCUT2D eigenvalue weighted by atomic mass is 16.4. The van der Waals surface area contributed by atoms with Gasteiger partial charge in [-0.1, -0.05) is 13.8 Å². The number of rotatable bonds is 4. The zero-order valence-electron chi connectivity index (χ0n) is 10.1. The first-order valence-corrected chi connectivity index (χ1v) is 6.08. The molecular formula is C12H23NO2. The average molecular weight is 213 g/mol.